The summed E-state index contributed by atoms with van der Waals surface area (Å²) in [6, 6.07) is 0. The van der Waals surface area contributed by atoms with Crippen LogP contribution in [0.3, 0.4) is 0 Å². The van der Waals surface area contributed by atoms with Crippen molar-refractivity contribution in [3.63, 3.8) is 0 Å². The second-order valence-electron chi connectivity index (χ2n) is 6.26. The molecule has 3 atom stereocenters. The average molecular weight is 248 g/mol. The highest BCUT2D eigenvalue weighted by molar-refractivity contribution is 5.45. The number of ether oxygens (including phenoxy) is 1. The number of allylic oxidation sites excluding steroid dienone is 2. The zero-order valence-electron chi connectivity index (χ0n) is 11.5. The van der Waals surface area contributed by atoms with Crippen LogP contribution in [0.4, 0.5) is 0 Å². The lowest BCUT2D eigenvalue weighted by atomic mass is 9.69. The van der Waals surface area contributed by atoms with Gasteiger partial charge in [-0.15, -0.1) is 0 Å². The first kappa shape index (κ1) is 12.3. The summed E-state index contributed by atoms with van der Waals surface area (Å²) in [5.74, 6) is 1.23. The Bertz CT molecular complexity index is 407. The molecule has 18 heavy (non-hydrogen) atoms. The second kappa shape index (κ2) is 4.41. The molecule has 0 radical (unpaired) electrons. The summed E-state index contributed by atoms with van der Waals surface area (Å²) in [5.41, 5.74) is 2.82. The van der Waals surface area contributed by atoms with Crippen LogP contribution < -0.4 is 0 Å². The third-order valence-corrected chi connectivity index (χ3v) is 5.06. The van der Waals surface area contributed by atoms with Crippen LogP contribution in [0.25, 0.3) is 0 Å². The van der Waals surface area contributed by atoms with Crippen molar-refractivity contribution in [2.75, 3.05) is 0 Å². The molecule has 3 aliphatic rings. The third kappa shape index (κ3) is 1.73. The molecule has 0 aromatic carbocycles. The van der Waals surface area contributed by atoms with E-state index < -0.39 is 0 Å². The van der Waals surface area contributed by atoms with Gasteiger partial charge in [0.2, 0.25) is 0 Å². The maximum atomic E-state index is 10.2. The molecule has 2 heteroatoms. The van der Waals surface area contributed by atoms with Gasteiger partial charge in [-0.05, 0) is 43.3 Å². The van der Waals surface area contributed by atoms with Gasteiger partial charge in [0.15, 0.2) is 0 Å². The van der Waals surface area contributed by atoms with Gasteiger partial charge >= 0.3 is 0 Å². The third-order valence-electron chi connectivity index (χ3n) is 5.06. The van der Waals surface area contributed by atoms with E-state index in [4.69, 9.17) is 4.74 Å². The van der Waals surface area contributed by atoms with Crippen LogP contribution in [0.2, 0.25) is 0 Å². The van der Waals surface area contributed by atoms with E-state index in [9.17, 15) is 5.11 Å². The molecule has 0 fully saturated rings. The molecule has 3 unspecified atom stereocenters. The molecule has 1 aliphatic heterocycles. The zero-order valence-corrected chi connectivity index (χ0v) is 11.5. The lowest BCUT2D eigenvalue weighted by Gasteiger charge is -2.41. The standard InChI is InChI=1S/C16H24O2/c1-3-4-11-5-6-12-13-7-8-15(17)16(13,2)10-9-14(12)18-11/h7,11,15,17H,3-6,8-10H2,1-2H3. The molecule has 0 spiro atoms. The van der Waals surface area contributed by atoms with Crippen molar-refractivity contribution in [1.82, 2.24) is 0 Å². The fourth-order valence-corrected chi connectivity index (χ4v) is 3.84. The summed E-state index contributed by atoms with van der Waals surface area (Å²) in [7, 11) is 0. The molecule has 0 aromatic heterocycles. The number of hydrogen-bond acceptors (Lipinski definition) is 2. The van der Waals surface area contributed by atoms with Crippen LogP contribution in [0.15, 0.2) is 23.0 Å². The maximum Gasteiger partial charge on any atom is 0.0999 e. The lowest BCUT2D eigenvalue weighted by molar-refractivity contribution is 0.0391. The van der Waals surface area contributed by atoms with Gasteiger partial charge in [-0.1, -0.05) is 26.3 Å². The quantitative estimate of drug-likeness (QED) is 0.807. The Balaban J connectivity index is 1.86. The summed E-state index contributed by atoms with van der Waals surface area (Å²) in [5, 5.41) is 10.2. The van der Waals surface area contributed by atoms with Gasteiger partial charge in [-0.3, -0.25) is 0 Å². The molecule has 2 nitrogen and oxygen atoms in total. The Hall–Kier alpha value is -0.760. The van der Waals surface area contributed by atoms with Crippen LogP contribution in [-0.4, -0.2) is 17.3 Å². The zero-order chi connectivity index (χ0) is 12.8. The number of aliphatic hydroxyl groups excluding tert-OH is 1. The molecule has 100 valence electrons. The van der Waals surface area contributed by atoms with Gasteiger partial charge < -0.3 is 9.84 Å². The van der Waals surface area contributed by atoms with Crippen molar-refractivity contribution in [1.29, 1.82) is 0 Å². The normalized spacial score (nSPS) is 38.9. The van der Waals surface area contributed by atoms with Gasteiger partial charge in [0, 0.05) is 11.8 Å². The molecule has 1 N–H and O–H groups in total. The Morgan fingerprint density at radius 3 is 3.06 bits per heavy atom. The average Bonchev–Trinajstić information content (AvgIpc) is 2.67. The predicted molar refractivity (Wildman–Crippen MR) is 72.1 cm³/mol. The van der Waals surface area contributed by atoms with Crippen molar-refractivity contribution in [3.05, 3.63) is 23.0 Å². The Labute approximate surface area is 110 Å². The smallest absolute Gasteiger partial charge is 0.0999 e. The first-order valence-electron chi connectivity index (χ1n) is 7.43. The minimum atomic E-state index is -0.185. The Morgan fingerprint density at radius 2 is 2.28 bits per heavy atom. The van der Waals surface area contributed by atoms with Gasteiger partial charge in [-0.25, -0.2) is 0 Å². The minimum Gasteiger partial charge on any atom is -0.494 e. The summed E-state index contributed by atoms with van der Waals surface area (Å²) in [6.45, 7) is 4.44. The highest BCUT2D eigenvalue weighted by Gasteiger charge is 2.46. The van der Waals surface area contributed by atoms with E-state index in [1.54, 1.807) is 0 Å². The van der Waals surface area contributed by atoms with E-state index in [-0.39, 0.29) is 11.5 Å². The largest absolute Gasteiger partial charge is 0.494 e. The summed E-state index contributed by atoms with van der Waals surface area (Å²) < 4.78 is 6.18. The van der Waals surface area contributed by atoms with Crippen molar-refractivity contribution >= 4 is 0 Å². The maximum absolute atomic E-state index is 10.2. The van der Waals surface area contributed by atoms with E-state index in [1.165, 1.54) is 29.7 Å². The number of fused-ring (bicyclic) bond motifs is 2. The van der Waals surface area contributed by atoms with Crippen LogP contribution in [-0.2, 0) is 4.74 Å². The summed E-state index contributed by atoms with van der Waals surface area (Å²) >= 11 is 0. The summed E-state index contributed by atoms with van der Waals surface area (Å²) in [6.07, 6.45) is 10.0. The fourth-order valence-electron chi connectivity index (χ4n) is 3.84. The fraction of sp³-hybridized carbons (Fsp3) is 0.750. The SMILES string of the molecule is CCCC1CCC2=C(CCC3(C)C2=CCC3O)O1. The molecule has 3 rings (SSSR count). The van der Waals surface area contributed by atoms with E-state index >= 15 is 0 Å². The van der Waals surface area contributed by atoms with Crippen molar-refractivity contribution in [3.8, 4) is 0 Å². The van der Waals surface area contributed by atoms with E-state index in [0.29, 0.717) is 6.10 Å². The van der Waals surface area contributed by atoms with Crippen LogP contribution in [0.5, 0.6) is 0 Å². The highest BCUT2D eigenvalue weighted by atomic mass is 16.5. The van der Waals surface area contributed by atoms with Crippen LogP contribution >= 0.6 is 0 Å². The van der Waals surface area contributed by atoms with Gasteiger partial charge in [0.05, 0.1) is 18.0 Å². The molecule has 2 aliphatic carbocycles. The van der Waals surface area contributed by atoms with Crippen LogP contribution in [0.1, 0.15) is 58.8 Å². The molecule has 0 saturated heterocycles. The molecule has 0 bridgehead atoms. The predicted octanol–water partition coefficient (Wildman–Crippen LogP) is 3.71. The Morgan fingerprint density at radius 1 is 1.44 bits per heavy atom. The van der Waals surface area contributed by atoms with Crippen molar-refractivity contribution in [2.24, 2.45) is 5.41 Å². The number of rotatable bonds is 2. The highest BCUT2D eigenvalue weighted by Crippen LogP contribution is 2.53. The second-order valence-corrected chi connectivity index (χ2v) is 6.26. The van der Waals surface area contributed by atoms with Crippen molar-refractivity contribution in [2.45, 2.75) is 71.0 Å². The van der Waals surface area contributed by atoms with E-state index in [1.807, 2.05) is 0 Å². The van der Waals surface area contributed by atoms with Crippen molar-refractivity contribution < 1.29 is 9.84 Å². The topological polar surface area (TPSA) is 29.5 Å². The molecule has 0 aromatic rings. The molecule has 0 saturated carbocycles. The van der Waals surface area contributed by atoms with Gasteiger partial charge in [-0.2, -0.15) is 0 Å². The molecule has 1 heterocycles. The lowest BCUT2D eigenvalue weighted by Crippen LogP contribution is -2.35. The number of hydrogen-bond donors (Lipinski definition) is 1. The van der Waals surface area contributed by atoms with Crippen LogP contribution in [0, 0.1) is 5.41 Å². The van der Waals surface area contributed by atoms with Gasteiger partial charge in [0.1, 0.15) is 0 Å². The number of aliphatic hydroxyl groups is 1. The first-order chi connectivity index (χ1) is 8.65. The Kier molecular flexibility index (Phi) is 3.01. The van der Waals surface area contributed by atoms with E-state index in [2.05, 4.69) is 19.9 Å². The van der Waals surface area contributed by atoms with Gasteiger partial charge in [0.25, 0.3) is 0 Å². The summed E-state index contributed by atoms with van der Waals surface area (Å²) in [4.78, 5) is 0. The monoisotopic (exact) mass is 248 g/mol. The minimum absolute atomic E-state index is 0.000212. The molecular weight excluding hydrogens is 224 g/mol. The molecule has 0 amide bonds. The first-order valence-corrected chi connectivity index (χ1v) is 7.43. The molecular formula is C16H24O2. The van der Waals surface area contributed by atoms with E-state index in [0.717, 1.165) is 32.1 Å².